The molecule has 1 amide bonds. The monoisotopic (exact) mass is 433 g/mol. The number of hydrogen-bond donors (Lipinski definition) is 1. The van der Waals surface area contributed by atoms with E-state index in [-0.39, 0.29) is 5.91 Å². The number of ether oxygens (including phenoxy) is 3. The first kappa shape index (κ1) is 22.4. The van der Waals surface area contributed by atoms with Gasteiger partial charge in [0.15, 0.2) is 11.5 Å². The van der Waals surface area contributed by atoms with Gasteiger partial charge in [-0.3, -0.25) is 4.79 Å². The molecule has 0 unspecified atom stereocenters. The van der Waals surface area contributed by atoms with Crippen molar-refractivity contribution in [3.05, 3.63) is 22.7 Å². The second-order valence-electron chi connectivity index (χ2n) is 7.33. The van der Waals surface area contributed by atoms with Crippen LogP contribution in [0.15, 0.2) is 12.1 Å². The Morgan fingerprint density at radius 1 is 1.10 bits per heavy atom. The molecule has 8 heteroatoms. The van der Waals surface area contributed by atoms with Gasteiger partial charge in [-0.15, -0.1) is 11.3 Å². The molecule has 1 saturated heterocycles. The summed E-state index contributed by atoms with van der Waals surface area (Å²) >= 11 is 1.36. The predicted molar refractivity (Wildman–Crippen MR) is 119 cm³/mol. The van der Waals surface area contributed by atoms with Crippen molar-refractivity contribution >= 4 is 17.2 Å². The number of aryl methyl sites for hydroxylation is 1. The second kappa shape index (κ2) is 10.6. The van der Waals surface area contributed by atoms with Gasteiger partial charge in [-0.1, -0.05) is 0 Å². The van der Waals surface area contributed by atoms with E-state index in [0.29, 0.717) is 39.4 Å². The number of carbonyl (C=O) groups excluding carboxylic acids is 1. The maximum Gasteiger partial charge on any atom is 0.263 e. The number of carbonyl (C=O) groups is 1. The molecule has 1 aromatic carbocycles. The number of benzene rings is 1. The van der Waals surface area contributed by atoms with Crippen LogP contribution in [0.3, 0.4) is 0 Å². The van der Waals surface area contributed by atoms with Crippen LogP contribution in [0.1, 0.15) is 41.0 Å². The molecular weight excluding hydrogens is 402 g/mol. The van der Waals surface area contributed by atoms with Crippen LogP contribution in [0, 0.1) is 6.92 Å². The summed E-state index contributed by atoms with van der Waals surface area (Å²) in [4.78, 5) is 20.4. The quantitative estimate of drug-likeness (QED) is 0.576. The minimum Gasteiger partial charge on any atom is -0.493 e. The van der Waals surface area contributed by atoms with Crippen molar-refractivity contribution in [2.75, 3.05) is 47.5 Å². The molecule has 1 aliphatic heterocycles. The number of rotatable bonds is 10. The van der Waals surface area contributed by atoms with Crippen molar-refractivity contribution in [2.24, 2.45) is 0 Å². The van der Waals surface area contributed by atoms with Gasteiger partial charge in [0.05, 0.1) is 32.6 Å². The molecule has 0 bridgehead atoms. The standard InChI is InChI=1S/C22H31N3O4S/c1-15-20(21(26)23-11-5-6-12-25-13-7-8-14-25)30-22(24-15)16-9-10-17(27-2)19(29-4)18(16)28-3/h9-10H,5-8,11-14H2,1-4H3,(H,23,26). The topological polar surface area (TPSA) is 72.9 Å². The maximum absolute atomic E-state index is 12.7. The molecule has 0 saturated carbocycles. The van der Waals surface area contributed by atoms with E-state index in [1.165, 1.54) is 37.3 Å². The van der Waals surface area contributed by atoms with Crippen LogP contribution in [0.25, 0.3) is 10.6 Å². The van der Waals surface area contributed by atoms with E-state index < -0.39 is 0 Å². The lowest BCUT2D eigenvalue weighted by Gasteiger charge is -2.14. The lowest BCUT2D eigenvalue weighted by Crippen LogP contribution is -2.26. The Balaban J connectivity index is 1.65. The zero-order chi connectivity index (χ0) is 21.5. The van der Waals surface area contributed by atoms with Crippen LogP contribution in [0.5, 0.6) is 17.2 Å². The van der Waals surface area contributed by atoms with Crippen LogP contribution in [-0.4, -0.2) is 63.3 Å². The Bertz CT molecular complexity index is 862. The summed E-state index contributed by atoms with van der Waals surface area (Å²) in [5, 5.41) is 3.75. The lowest BCUT2D eigenvalue weighted by atomic mass is 10.1. The summed E-state index contributed by atoms with van der Waals surface area (Å²) in [5.41, 5.74) is 1.48. The van der Waals surface area contributed by atoms with E-state index in [1.54, 1.807) is 21.3 Å². The summed E-state index contributed by atoms with van der Waals surface area (Å²) in [6, 6.07) is 3.69. The number of amides is 1. The Labute approximate surface area is 182 Å². The Morgan fingerprint density at radius 2 is 1.83 bits per heavy atom. The molecule has 0 spiro atoms. The minimum atomic E-state index is -0.0723. The van der Waals surface area contributed by atoms with Gasteiger partial charge in [0.2, 0.25) is 5.75 Å². The molecule has 2 heterocycles. The van der Waals surface area contributed by atoms with Gasteiger partial charge >= 0.3 is 0 Å². The highest BCUT2D eigenvalue weighted by atomic mass is 32.1. The Kier molecular flexibility index (Phi) is 7.93. The fourth-order valence-corrected chi connectivity index (χ4v) is 4.75. The van der Waals surface area contributed by atoms with E-state index in [2.05, 4.69) is 15.2 Å². The van der Waals surface area contributed by atoms with E-state index in [9.17, 15) is 4.79 Å². The van der Waals surface area contributed by atoms with Crippen molar-refractivity contribution in [1.82, 2.24) is 15.2 Å². The van der Waals surface area contributed by atoms with E-state index in [4.69, 9.17) is 14.2 Å². The summed E-state index contributed by atoms with van der Waals surface area (Å²) < 4.78 is 16.4. The van der Waals surface area contributed by atoms with Crippen LogP contribution in [-0.2, 0) is 0 Å². The molecule has 0 radical (unpaired) electrons. The van der Waals surface area contributed by atoms with Crippen molar-refractivity contribution in [1.29, 1.82) is 0 Å². The largest absolute Gasteiger partial charge is 0.493 e. The van der Waals surface area contributed by atoms with Gasteiger partial charge in [0.25, 0.3) is 5.91 Å². The first-order valence-corrected chi connectivity index (χ1v) is 11.2. The highest BCUT2D eigenvalue weighted by molar-refractivity contribution is 7.17. The normalized spacial score (nSPS) is 14.0. The fraction of sp³-hybridized carbons (Fsp3) is 0.545. The Hall–Kier alpha value is -2.32. The van der Waals surface area contributed by atoms with Crippen molar-refractivity contribution in [2.45, 2.75) is 32.6 Å². The number of likely N-dealkylation sites (tertiary alicyclic amines) is 1. The van der Waals surface area contributed by atoms with E-state index in [0.717, 1.165) is 24.9 Å². The summed E-state index contributed by atoms with van der Waals surface area (Å²) in [7, 11) is 4.73. The first-order chi connectivity index (χ1) is 14.6. The SMILES string of the molecule is COc1ccc(-c2nc(C)c(C(=O)NCCCCN3CCCC3)s2)c(OC)c1OC. The average molecular weight is 434 g/mol. The van der Waals surface area contributed by atoms with Gasteiger partial charge < -0.3 is 24.4 Å². The third-order valence-corrected chi connectivity index (χ3v) is 6.51. The molecule has 0 aliphatic carbocycles. The number of nitrogens with one attached hydrogen (secondary N) is 1. The van der Waals surface area contributed by atoms with Crippen LogP contribution in [0.4, 0.5) is 0 Å². The summed E-state index contributed by atoms with van der Waals surface area (Å²) in [6.45, 7) is 6.09. The number of hydrogen-bond acceptors (Lipinski definition) is 7. The van der Waals surface area contributed by atoms with Gasteiger partial charge in [0, 0.05) is 6.54 Å². The Morgan fingerprint density at radius 3 is 2.50 bits per heavy atom. The molecule has 1 aliphatic rings. The molecule has 164 valence electrons. The molecule has 0 atom stereocenters. The highest BCUT2D eigenvalue weighted by Crippen LogP contribution is 2.45. The molecule has 1 N–H and O–H groups in total. The van der Waals surface area contributed by atoms with Crippen LogP contribution < -0.4 is 19.5 Å². The smallest absolute Gasteiger partial charge is 0.263 e. The maximum atomic E-state index is 12.7. The first-order valence-electron chi connectivity index (χ1n) is 10.4. The van der Waals surface area contributed by atoms with Gasteiger partial charge in [-0.05, 0) is 64.4 Å². The number of unbranched alkanes of at least 4 members (excludes halogenated alkanes) is 1. The van der Waals surface area contributed by atoms with E-state index >= 15 is 0 Å². The van der Waals surface area contributed by atoms with Crippen LogP contribution >= 0.6 is 11.3 Å². The molecule has 1 aromatic heterocycles. The van der Waals surface area contributed by atoms with E-state index in [1.807, 2.05) is 19.1 Å². The minimum absolute atomic E-state index is 0.0723. The predicted octanol–water partition coefficient (Wildman–Crippen LogP) is 3.75. The summed E-state index contributed by atoms with van der Waals surface area (Å²) in [6.07, 6.45) is 4.72. The fourth-order valence-electron chi connectivity index (χ4n) is 3.74. The average Bonchev–Trinajstić information content (AvgIpc) is 3.41. The zero-order valence-corrected chi connectivity index (χ0v) is 19.1. The summed E-state index contributed by atoms with van der Waals surface area (Å²) in [5.74, 6) is 1.56. The molecule has 3 rings (SSSR count). The van der Waals surface area contributed by atoms with Crippen molar-refractivity contribution in [3.63, 3.8) is 0 Å². The highest BCUT2D eigenvalue weighted by Gasteiger charge is 2.22. The van der Waals surface area contributed by atoms with Crippen molar-refractivity contribution < 1.29 is 19.0 Å². The van der Waals surface area contributed by atoms with Crippen molar-refractivity contribution in [3.8, 4) is 27.8 Å². The zero-order valence-electron chi connectivity index (χ0n) is 18.2. The van der Waals surface area contributed by atoms with Gasteiger partial charge in [0.1, 0.15) is 9.88 Å². The molecule has 30 heavy (non-hydrogen) atoms. The number of thiazole rings is 1. The van der Waals surface area contributed by atoms with Gasteiger partial charge in [-0.2, -0.15) is 0 Å². The van der Waals surface area contributed by atoms with Gasteiger partial charge in [-0.25, -0.2) is 4.98 Å². The second-order valence-corrected chi connectivity index (χ2v) is 8.33. The molecule has 7 nitrogen and oxygen atoms in total. The number of aromatic nitrogens is 1. The number of nitrogens with zero attached hydrogens (tertiary/aromatic N) is 2. The molecular formula is C22H31N3O4S. The molecule has 2 aromatic rings. The third-order valence-electron chi connectivity index (χ3n) is 5.32. The number of methoxy groups -OCH3 is 3. The third kappa shape index (κ3) is 5.05. The lowest BCUT2D eigenvalue weighted by molar-refractivity contribution is 0.0956. The van der Waals surface area contributed by atoms with Crippen LogP contribution in [0.2, 0.25) is 0 Å². The molecule has 1 fully saturated rings.